The maximum atomic E-state index is 10.4. The Bertz CT molecular complexity index is 261. The smallest absolute Gasteiger partial charge is 0.264 e. The molecule has 0 radical (unpaired) electrons. The summed E-state index contributed by atoms with van der Waals surface area (Å²) in [5.74, 6) is -0.166. The van der Waals surface area contributed by atoms with E-state index >= 15 is 0 Å². The number of quaternary nitrogens is 1. The van der Waals surface area contributed by atoms with Crippen LogP contribution in [0, 0.1) is 0 Å². The monoisotopic (exact) mass is 240 g/mol. The molecule has 0 aromatic carbocycles. The molecule has 0 spiro atoms. The molecule has 6 heteroatoms. The number of rotatable bonds is 8. The minimum atomic E-state index is -3.81. The minimum Gasteiger partial charge on any atom is -0.286 e. The number of unbranched alkanes of at least 4 members (excludes halogenated alkanes) is 1. The van der Waals surface area contributed by atoms with Gasteiger partial charge in [0.2, 0.25) is 0 Å². The normalized spacial score (nSPS) is 13.1. The molecule has 0 fully saturated rings. The van der Waals surface area contributed by atoms with E-state index in [2.05, 4.69) is 0 Å². The van der Waals surface area contributed by atoms with Gasteiger partial charge in [0.15, 0.2) is 0 Å². The van der Waals surface area contributed by atoms with Crippen LogP contribution in [-0.2, 0) is 15.0 Å². The summed E-state index contributed by atoms with van der Waals surface area (Å²) in [5.41, 5.74) is 0. The summed E-state index contributed by atoms with van der Waals surface area (Å²) < 4.78 is 29.8. The van der Waals surface area contributed by atoms with Crippen molar-refractivity contribution >= 4 is 10.1 Å². The molecule has 5 nitrogen and oxygen atoms in total. The third-order valence-electron chi connectivity index (χ3n) is 1.99. The fraction of sp³-hybridized carbons (Fsp3) is 1.00. The van der Waals surface area contributed by atoms with Crippen LogP contribution in [0.3, 0.4) is 0 Å². The minimum absolute atomic E-state index is 0.166. The van der Waals surface area contributed by atoms with E-state index in [1.165, 1.54) is 0 Å². The molecule has 0 saturated carbocycles. The summed E-state index contributed by atoms with van der Waals surface area (Å²) in [7, 11) is 0.0607. The van der Waals surface area contributed by atoms with E-state index in [0.29, 0.717) is 17.7 Å². The Hall–Kier alpha value is -0.170. The molecule has 15 heavy (non-hydrogen) atoms. The van der Waals surface area contributed by atoms with Gasteiger partial charge in [0.25, 0.3) is 10.1 Å². The van der Waals surface area contributed by atoms with Crippen molar-refractivity contribution in [1.82, 2.24) is 0 Å². The zero-order chi connectivity index (χ0) is 11.9. The second-order valence-electron chi connectivity index (χ2n) is 4.12. The molecule has 0 saturated heterocycles. The Morgan fingerprint density at radius 1 is 1.27 bits per heavy atom. The van der Waals surface area contributed by atoms with Gasteiger partial charge >= 0.3 is 0 Å². The lowest BCUT2D eigenvalue weighted by molar-refractivity contribution is -1.08. The summed E-state index contributed by atoms with van der Waals surface area (Å²) in [6, 6.07) is 0. The third kappa shape index (κ3) is 10.1. The molecule has 0 aromatic rings. The molecule has 0 bridgehead atoms. The molecule has 92 valence electrons. The Morgan fingerprint density at radius 3 is 2.33 bits per heavy atom. The summed E-state index contributed by atoms with van der Waals surface area (Å²) in [5, 5.41) is 0. The van der Waals surface area contributed by atoms with Crippen molar-refractivity contribution in [1.29, 1.82) is 0 Å². The number of nitrogens with zero attached hydrogens (tertiary/aromatic N) is 1. The van der Waals surface area contributed by atoms with Crippen molar-refractivity contribution in [2.45, 2.75) is 26.2 Å². The molecule has 0 amide bonds. The van der Waals surface area contributed by atoms with E-state index in [1.54, 1.807) is 0 Å². The van der Waals surface area contributed by atoms with Gasteiger partial charge < -0.3 is 0 Å². The van der Waals surface area contributed by atoms with E-state index < -0.39 is 10.1 Å². The third-order valence-corrected chi connectivity index (χ3v) is 2.80. The zero-order valence-corrected chi connectivity index (χ0v) is 10.6. The highest BCUT2D eigenvalue weighted by molar-refractivity contribution is 7.85. The van der Waals surface area contributed by atoms with Crippen LogP contribution < -0.4 is 0 Å². The van der Waals surface area contributed by atoms with Gasteiger partial charge in [0.1, 0.15) is 13.2 Å². The lowest BCUT2D eigenvalue weighted by Gasteiger charge is -2.26. The molecule has 0 heterocycles. The largest absolute Gasteiger partial charge is 0.286 e. The lowest BCUT2D eigenvalue weighted by Crippen LogP contribution is -2.40. The molecule has 0 rings (SSSR count). The highest BCUT2D eigenvalue weighted by Crippen LogP contribution is 2.04. The van der Waals surface area contributed by atoms with Crippen LogP contribution >= 0.6 is 0 Å². The van der Waals surface area contributed by atoms with Crippen molar-refractivity contribution in [2.24, 2.45) is 0 Å². The van der Waals surface area contributed by atoms with E-state index in [0.717, 1.165) is 19.4 Å². The molecule has 0 aliphatic carbocycles. The SMILES string of the molecule is CCCO[N+](C)(C)CCCCS(=O)(=O)O. The lowest BCUT2D eigenvalue weighted by atomic mass is 10.3. The Balaban J connectivity index is 3.66. The average molecular weight is 240 g/mol. The molecular formula is C9H22NO4S+. The van der Waals surface area contributed by atoms with Crippen LogP contribution in [0.25, 0.3) is 0 Å². The van der Waals surface area contributed by atoms with E-state index in [9.17, 15) is 8.42 Å². The maximum Gasteiger partial charge on any atom is 0.264 e. The molecule has 1 N–H and O–H groups in total. The quantitative estimate of drug-likeness (QED) is 0.298. The van der Waals surface area contributed by atoms with Gasteiger partial charge in [-0.3, -0.25) is 4.55 Å². The highest BCUT2D eigenvalue weighted by atomic mass is 32.2. The first-order valence-corrected chi connectivity index (χ1v) is 6.80. The topological polar surface area (TPSA) is 63.6 Å². The first kappa shape index (κ1) is 14.8. The highest BCUT2D eigenvalue weighted by Gasteiger charge is 2.16. The van der Waals surface area contributed by atoms with Gasteiger partial charge in [-0.2, -0.15) is 13.1 Å². The van der Waals surface area contributed by atoms with Crippen LogP contribution in [0.1, 0.15) is 26.2 Å². The Morgan fingerprint density at radius 2 is 1.87 bits per heavy atom. The van der Waals surface area contributed by atoms with E-state index in [1.807, 2.05) is 21.0 Å². The predicted octanol–water partition coefficient (Wildman–Crippen LogP) is 1.07. The van der Waals surface area contributed by atoms with Gasteiger partial charge in [-0.1, -0.05) is 6.92 Å². The molecule has 0 aromatic heterocycles. The Kier molecular flexibility index (Phi) is 6.35. The Labute approximate surface area is 92.3 Å². The summed E-state index contributed by atoms with van der Waals surface area (Å²) in [6.07, 6.45) is 2.15. The summed E-state index contributed by atoms with van der Waals surface area (Å²) >= 11 is 0. The van der Waals surface area contributed by atoms with Crippen molar-refractivity contribution in [3.05, 3.63) is 0 Å². The predicted molar refractivity (Wildman–Crippen MR) is 58.9 cm³/mol. The van der Waals surface area contributed by atoms with Crippen LogP contribution in [0.15, 0.2) is 0 Å². The van der Waals surface area contributed by atoms with Crippen molar-refractivity contribution in [3.63, 3.8) is 0 Å². The van der Waals surface area contributed by atoms with Crippen molar-refractivity contribution in [2.75, 3.05) is 33.0 Å². The van der Waals surface area contributed by atoms with Gasteiger partial charge in [-0.15, -0.1) is 0 Å². The number of hydrogen-bond acceptors (Lipinski definition) is 3. The molecule has 0 aliphatic rings. The molecule has 0 aliphatic heterocycles. The number of hydrogen-bond donors (Lipinski definition) is 1. The standard InChI is InChI=1S/C9H21NO4S/c1-4-8-14-10(2,3)7-5-6-9-15(11,12)13/h4-9H2,1-3H3/p+1. The van der Waals surface area contributed by atoms with Crippen LogP contribution in [0.5, 0.6) is 0 Å². The fourth-order valence-electron chi connectivity index (χ4n) is 1.18. The van der Waals surface area contributed by atoms with Crippen molar-refractivity contribution in [3.8, 4) is 0 Å². The summed E-state index contributed by atoms with van der Waals surface area (Å²) in [4.78, 5) is 5.54. The molecule has 0 unspecified atom stereocenters. The molecular weight excluding hydrogens is 218 g/mol. The fourth-order valence-corrected chi connectivity index (χ4v) is 1.75. The second-order valence-corrected chi connectivity index (χ2v) is 5.70. The number of hydroxylamine groups is 3. The van der Waals surface area contributed by atoms with Crippen LogP contribution in [0.2, 0.25) is 0 Å². The first-order valence-electron chi connectivity index (χ1n) is 5.19. The second kappa shape index (κ2) is 6.42. The van der Waals surface area contributed by atoms with Crippen LogP contribution in [-0.4, -0.2) is 50.6 Å². The van der Waals surface area contributed by atoms with E-state index in [-0.39, 0.29) is 5.75 Å². The summed E-state index contributed by atoms with van der Waals surface area (Å²) in [6.45, 7) is 3.49. The maximum absolute atomic E-state index is 10.4. The van der Waals surface area contributed by atoms with Crippen molar-refractivity contribution < 1.29 is 22.5 Å². The first-order chi connectivity index (χ1) is 6.77. The van der Waals surface area contributed by atoms with Gasteiger partial charge in [0.05, 0.1) is 19.8 Å². The zero-order valence-electron chi connectivity index (χ0n) is 9.77. The van der Waals surface area contributed by atoms with E-state index in [4.69, 9.17) is 9.39 Å². The van der Waals surface area contributed by atoms with Gasteiger partial charge in [-0.05, 0) is 12.8 Å². The molecule has 0 atom stereocenters. The average Bonchev–Trinajstić information content (AvgIpc) is 2.08. The van der Waals surface area contributed by atoms with Crippen LogP contribution in [0.4, 0.5) is 0 Å². The van der Waals surface area contributed by atoms with Gasteiger partial charge in [-0.25, -0.2) is 4.84 Å². The van der Waals surface area contributed by atoms with Gasteiger partial charge in [0, 0.05) is 6.42 Å².